The van der Waals surface area contributed by atoms with Crippen molar-refractivity contribution in [2.75, 3.05) is 0 Å². The number of amides is 1. The molecular formula is C20H28BrN3O4. The van der Waals surface area contributed by atoms with Gasteiger partial charge in [0.05, 0.1) is 16.9 Å². The minimum Gasteiger partial charge on any atom is -0.393 e. The van der Waals surface area contributed by atoms with Gasteiger partial charge >= 0.3 is 0 Å². The summed E-state index contributed by atoms with van der Waals surface area (Å²) in [5.41, 5.74) is -0.853. The van der Waals surface area contributed by atoms with Crippen LogP contribution in [0.15, 0.2) is 32.3 Å². The minimum absolute atomic E-state index is 0.0682. The number of H-pyrrole nitrogens is 1. The highest BCUT2D eigenvalue weighted by Gasteiger charge is 2.28. The number of carbonyl (C=O) groups excluding carboxylic acids is 1. The predicted octanol–water partition coefficient (Wildman–Crippen LogP) is 2.53. The van der Waals surface area contributed by atoms with Crippen LogP contribution in [0.5, 0.6) is 0 Å². The maximum Gasteiger partial charge on any atom is 0.273 e. The molecule has 0 unspecified atom stereocenters. The van der Waals surface area contributed by atoms with E-state index in [1.54, 1.807) is 18.2 Å². The highest BCUT2D eigenvalue weighted by Crippen LogP contribution is 2.26. The van der Waals surface area contributed by atoms with Crippen molar-refractivity contribution >= 4 is 32.6 Å². The number of carbonyl (C=O) groups is 1. The molecule has 1 heterocycles. The number of aliphatic hydroxyl groups is 1. The second-order valence-corrected chi connectivity index (χ2v) is 8.01. The van der Waals surface area contributed by atoms with Crippen molar-refractivity contribution in [3.05, 3.63) is 43.4 Å². The maximum atomic E-state index is 12.3. The van der Waals surface area contributed by atoms with E-state index in [0.717, 1.165) is 10.6 Å². The second kappa shape index (κ2) is 10.0. The Hall–Kier alpha value is -1.93. The van der Waals surface area contributed by atoms with Crippen LogP contribution in [0, 0.1) is 5.92 Å². The number of aliphatic hydroxyl groups excluding tert-OH is 1. The average Bonchev–Trinajstić information content (AvgIpc) is 3.42. The van der Waals surface area contributed by atoms with Gasteiger partial charge in [0.25, 0.3) is 11.1 Å². The number of hydrogen-bond donors (Lipinski definition) is 3. The molecule has 2 aliphatic carbocycles. The van der Waals surface area contributed by atoms with Gasteiger partial charge in [-0.1, -0.05) is 49.5 Å². The number of aromatic nitrogens is 2. The van der Waals surface area contributed by atoms with E-state index in [1.165, 1.54) is 12.8 Å². The molecule has 0 aliphatic heterocycles. The largest absolute Gasteiger partial charge is 0.393 e. The Kier molecular flexibility index (Phi) is 8.00. The molecule has 7 nitrogen and oxygen atoms in total. The van der Waals surface area contributed by atoms with E-state index in [-0.39, 0.29) is 35.4 Å². The van der Waals surface area contributed by atoms with Crippen LogP contribution in [0.2, 0.25) is 0 Å². The summed E-state index contributed by atoms with van der Waals surface area (Å²) >= 11 is 3.25. The summed E-state index contributed by atoms with van der Waals surface area (Å²) in [6, 6.07) is 4.72. The molecule has 2 fully saturated rings. The van der Waals surface area contributed by atoms with Crippen LogP contribution in [0.1, 0.15) is 46.5 Å². The normalized spacial score (nSPS) is 20.2. The number of aromatic amines is 1. The molecule has 4 rings (SSSR count). The minimum atomic E-state index is -0.428. The molecule has 0 radical (unpaired) electrons. The molecule has 0 saturated heterocycles. The van der Waals surface area contributed by atoms with Gasteiger partial charge in [0.2, 0.25) is 5.91 Å². The number of nitrogens with zero attached hydrogens (tertiary/aromatic N) is 1. The smallest absolute Gasteiger partial charge is 0.273 e. The van der Waals surface area contributed by atoms with Gasteiger partial charge in [0.15, 0.2) is 0 Å². The zero-order chi connectivity index (χ0) is 20.8. The van der Waals surface area contributed by atoms with E-state index in [4.69, 9.17) is 0 Å². The summed E-state index contributed by atoms with van der Waals surface area (Å²) in [7, 11) is 0. The van der Waals surface area contributed by atoms with Gasteiger partial charge in [0.1, 0.15) is 6.54 Å². The number of benzene rings is 1. The van der Waals surface area contributed by atoms with Crippen LogP contribution in [-0.4, -0.2) is 32.9 Å². The molecule has 0 atom stereocenters. The molecule has 2 aliphatic rings. The van der Waals surface area contributed by atoms with Crippen molar-refractivity contribution in [1.29, 1.82) is 0 Å². The van der Waals surface area contributed by atoms with Crippen molar-refractivity contribution < 1.29 is 9.90 Å². The fraction of sp³-hybridized carbons (Fsp3) is 0.550. The Balaban J connectivity index is 0.000000406. The molecule has 2 aromatic rings. The second-order valence-electron chi connectivity index (χ2n) is 7.09. The first-order valence-electron chi connectivity index (χ1n) is 9.73. The lowest BCUT2D eigenvalue weighted by Crippen LogP contribution is -2.48. The van der Waals surface area contributed by atoms with Gasteiger partial charge in [0, 0.05) is 10.5 Å². The molecule has 0 bridgehead atoms. The molecule has 3 N–H and O–H groups in total. The third-order valence-corrected chi connectivity index (χ3v) is 5.08. The monoisotopic (exact) mass is 453 g/mol. The first-order chi connectivity index (χ1) is 13.3. The number of hydrogen-bond acceptors (Lipinski definition) is 4. The van der Waals surface area contributed by atoms with E-state index >= 15 is 0 Å². The fourth-order valence-corrected chi connectivity index (χ4v) is 3.03. The van der Waals surface area contributed by atoms with E-state index in [0.29, 0.717) is 17.3 Å². The van der Waals surface area contributed by atoms with Crippen molar-refractivity contribution in [1.82, 2.24) is 15.1 Å². The van der Waals surface area contributed by atoms with Crippen molar-refractivity contribution in [3.8, 4) is 0 Å². The summed E-state index contributed by atoms with van der Waals surface area (Å²) in [5, 5.41) is 14.8. The van der Waals surface area contributed by atoms with Crippen LogP contribution in [0.25, 0.3) is 10.8 Å². The standard InChI is InChI=1S/C14H14BrN3O4.C4H8.C2H6/c15-7-1-2-10-11(3-7)13(21)17-18(14(10)22)6-12(20)16-8-4-9(19)5-8;1-4-2-3-4;1-2/h1-3,8-9,19H,4-6H2,(H,16,20)(H,17,21);4H,2-3H2,1H3;1-2H3. The Morgan fingerprint density at radius 2 is 1.86 bits per heavy atom. The molecule has 8 heteroatoms. The van der Waals surface area contributed by atoms with Crippen LogP contribution in [0.3, 0.4) is 0 Å². The Labute approximate surface area is 172 Å². The van der Waals surface area contributed by atoms with Crippen molar-refractivity contribution in [2.45, 2.75) is 65.1 Å². The molecule has 154 valence electrons. The summed E-state index contributed by atoms with van der Waals surface area (Å²) in [5.74, 6) is 0.714. The Bertz CT molecular complexity index is 927. The Morgan fingerprint density at radius 3 is 2.39 bits per heavy atom. The highest BCUT2D eigenvalue weighted by molar-refractivity contribution is 9.10. The zero-order valence-corrected chi connectivity index (χ0v) is 18.1. The molecule has 2 saturated carbocycles. The average molecular weight is 454 g/mol. The zero-order valence-electron chi connectivity index (χ0n) is 16.5. The molecule has 1 amide bonds. The van der Waals surface area contributed by atoms with Gasteiger partial charge in [-0.25, -0.2) is 4.68 Å². The first-order valence-corrected chi connectivity index (χ1v) is 10.5. The van der Waals surface area contributed by atoms with Gasteiger partial charge < -0.3 is 10.4 Å². The van der Waals surface area contributed by atoms with Gasteiger partial charge in [-0.15, -0.1) is 0 Å². The summed E-state index contributed by atoms with van der Waals surface area (Å²) < 4.78 is 1.70. The van der Waals surface area contributed by atoms with E-state index in [1.807, 2.05) is 13.8 Å². The van der Waals surface area contributed by atoms with Crippen LogP contribution in [-0.2, 0) is 11.3 Å². The Morgan fingerprint density at radius 1 is 1.25 bits per heavy atom. The lowest BCUT2D eigenvalue weighted by Gasteiger charge is -2.31. The molecule has 1 aromatic carbocycles. The third kappa shape index (κ3) is 6.04. The van der Waals surface area contributed by atoms with Gasteiger partial charge in [-0.05, 0) is 37.0 Å². The number of rotatable bonds is 3. The van der Waals surface area contributed by atoms with E-state index in [2.05, 4.69) is 33.3 Å². The molecule has 0 spiro atoms. The number of nitrogens with one attached hydrogen (secondary N) is 2. The van der Waals surface area contributed by atoms with E-state index < -0.39 is 11.1 Å². The number of fused-ring (bicyclic) bond motifs is 1. The summed E-state index contributed by atoms with van der Waals surface area (Å²) in [6.45, 7) is 6.02. The topological polar surface area (TPSA) is 104 Å². The van der Waals surface area contributed by atoms with E-state index in [9.17, 15) is 19.5 Å². The quantitative estimate of drug-likeness (QED) is 0.663. The summed E-state index contributed by atoms with van der Waals surface area (Å²) in [4.78, 5) is 36.2. The molecule has 28 heavy (non-hydrogen) atoms. The SMILES string of the molecule is CC.CC1CC1.O=C(Cn1[nH]c(=O)c2cc(Br)ccc2c1=O)NC1CC(O)C1. The summed E-state index contributed by atoms with van der Waals surface area (Å²) in [6.07, 6.45) is 3.64. The van der Waals surface area contributed by atoms with Gasteiger partial charge in [-0.3, -0.25) is 19.5 Å². The highest BCUT2D eigenvalue weighted by atomic mass is 79.9. The number of halogens is 1. The van der Waals surface area contributed by atoms with Crippen LogP contribution >= 0.6 is 15.9 Å². The first kappa shape index (κ1) is 22.4. The van der Waals surface area contributed by atoms with Crippen molar-refractivity contribution in [3.63, 3.8) is 0 Å². The van der Waals surface area contributed by atoms with Crippen LogP contribution < -0.4 is 16.4 Å². The lowest BCUT2D eigenvalue weighted by molar-refractivity contribution is -0.123. The lowest BCUT2D eigenvalue weighted by atomic mass is 9.89. The maximum absolute atomic E-state index is 12.3. The van der Waals surface area contributed by atoms with Crippen LogP contribution in [0.4, 0.5) is 0 Å². The fourth-order valence-electron chi connectivity index (χ4n) is 2.67. The predicted molar refractivity (Wildman–Crippen MR) is 113 cm³/mol. The third-order valence-electron chi connectivity index (χ3n) is 4.58. The molecular weight excluding hydrogens is 426 g/mol. The van der Waals surface area contributed by atoms with Crippen molar-refractivity contribution in [2.24, 2.45) is 5.92 Å². The molecule has 1 aromatic heterocycles. The van der Waals surface area contributed by atoms with Gasteiger partial charge in [-0.2, -0.15) is 0 Å².